The Bertz CT molecular complexity index is 1740. The normalized spacial score (nSPS) is 11.1. The fraction of sp³-hybridized carbons (Fsp3) is 0.405. The Labute approximate surface area is 299 Å². The number of pyridine rings is 3. The SMILES string of the molecule is CC(=O)Oc1c(-c2cn(CCCCOCCCc3ccc[n+](CCCCOCCCc4cccnc4)c3)nn2)cc(Cl)c2cccnc12.Cl. The highest BCUT2D eigenvalue weighted by atomic mass is 35.5. The quantitative estimate of drug-likeness (QED) is 0.0367. The number of fused-ring (bicyclic) bond motifs is 1. The van der Waals surface area contributed by atoms with Crippen LogP contribution in [0.15, 0.2) is 79.6 Å². The Morgan fingerprint density at radius 1 is 0.898 bits per heavy atom. The predicted molar refractivity (Wildman–Crippen MR) is 192 cm³/mol. The Balaban J connectivity index is 0.00000541. The van der Waals surface area contributed by atoms with Gasteiger partial charge in [-0.15, -0.1) is 17.5 Å². The molecule has 4 aromatic heterocycles. The van der Waals surface area contributed by atoms with E-state index in [2.05, 4.69) is 55.4 Å². The standard InChI is InChI=1S/C37H44ClN6O4.ClH/c1-29(45)48-37-33(25-34(38)32-15-7-17-40-36(32)37)35-28-44(42-41-35)20-3-5-22-47-24-10-14-31-12-8-19-43(27-31)18-2-4-21-46-23-9-13-30-11-6-16-39-26-30;/h6-8,11-12,15-17,19,25-28H,2-5,9-10,13-14,18,20-24H2,1H3;1H/q+1;. The van der Waals surface area contributed by atoms with Crippen LogP contribution in [-0.2, 0) is 40.2 Å². The van der Waals surface area contributed by atoms with Crippen LogP contribution in [0.5, 0.6) is 5.75 Å². The van der Waals surface area contributed by atoms with Crippen LogP contribution in [0.25, 0.3) is 22.2 Å². The first-order chi connectivity index (χ1) is 23.6. The van der Waals surface area contributed by atoms with E-state index in [4.69, 9.17) is 25.8 Å². The van der Waals surface area contributed by atoms with Gasteiger partial charge in [0.1, 0.15) is 17.8 Å². The lowest BCUT2D eigenvalue weighted by Crippen LogP contribution is -2.33. The van der Waals surface area contributed by atoms with Gasteiger partial charge in [-0.05, 0) is 80.8 Å². The van der Waals surface area contributed by atoms with Crippen LogP contribution in [0.3, 0.4) is 0 Å². The maximum Gasteiger partial charge on any atom is 0.308 e. The second-order valence-corrected chi connectivity index (χ2v) is 12.2. The summed E-state index contributed by atoms with van der Waals surface area (Å²) in [6.07, 6.45) is 19.6. The van der Waals surface area contributed by atoms with Crippen molar-refractivity contribution in [3.8, 4) is 17.0 Å². The average molecular weight is 709 g/mol. The number of esters is 1. The summed E-state index contributed by atoms with van der Waals surface area (Å²) >= 11 is 6.52. The van der Waals surface area contributed by atoms with Gasteiger partial charge in [0.15, 0.2) is 18.1 Å². The Kier molecular flexibility index (Phi) is 15.9. The first-order valence-corrected chi connectivity index (χ1v) is 17.1. The molecular weight excluding hydrogens is 663 g/mol. The summed E-state index contributed by atoms with van der Waals surface area (Å²) in [4.78, 5) is 20.4. The second-order valence-electron chi connectivity index (χ2n) is 11.8. The molecule has 0 aliphatic rings. The molecule has 260 valence electrons. The minimum atomic E-state index is -0.443. The molecule has 12 heteroatoms. The Morgan fingerprint density at radius 2 is 1.63 bits per heavy atom. The maximum atomic E-state index is 11.8. The third kappa shape index (κ3) is 12.1. The van der Waals surface area contributed by atoms with E-state index in [1.165, 1.54) is 18.1 Å². The van der Waals surface area contributed by atoms with Gasteiger partial charge in [-0.2, -0.15) is 0 Å². The van der Waals surface area contributed by atoms with Crippen LogP contribution >= 0.6 is 24.0 Å². The van der Waals surface area contributed by atoms with Crippen molar-refractivity contribution in [1.29, 1.82) is 0 Å². The number of carbonyl (C=O) groups excluding carboxylic acids is 1. The van der Waals surface area contributed by atoms with Crippen LogP contribution in [0, 0.1) is 0 Å². The molecule has 1 aromatic carbocycles. The molecule has 49 heavy (non-hydrogen) atoms. The molecule has 0 atom stereocenters. The fourth-order valence-corrected chi connectivity index (χ4v) is 5.75. The van der Waals surface area contributed by atoms with Gasteiger partial charge >= 0.3 is 5.97 Å². The third-order valence-corrected chi connectivity index (χ3v) is 8.20. The van der Waals surface area contributed by atoms with Gasteiger partial charge in [-0.3, -0.25) is 19.4 Å². The lowest BCUT2D eigenvalue weighted by atomic mass is 10.1. The molecule has 0 unspecified atom stereocenters. The number of hydrogen-bond acceptors (Lipinski definition) is 8. The van der Waals surface area contributed by atoms with Gasteiger partial charge in [0.25, 0.3) is 0 Å². The number of ether oxygens (including phenoxy) is 3. The topological polar surface area (TPSA) is 105 Å². The van der Waals surface area contributed by atoms with E-state index < -0.39 is 5.97 Å². The highest BCUT2D eigenvalue weighted by Crippen LogP contribution is 2.39. The molecule has 0 bridgehead atoms. The van der Waals surface area contributed by atoms with Crippen molar-refractivity contribution >= 4 is 40.9 Å². The average Bonchev–Trinajstić information content (AvgIpc) is 3.57. The van der Waals surface area contributed by atoms with Crippen LogP contribution in [0.4, 0.5) is 0 Å². The number of halogens is 2. The molecule has 10 nitrogen and oxygen atoms in total. The number of aromatic nitrogens is 6. The number of unbranched alkanes of at least 4 members (excludes halogenated alkanes) is 2. The molecule has 0 radical (unpaired) electrons. The van der Waals surface area contributed by atoms with E-state index in [9.17, 15) is 4.79 Å². The molecule has 5 aromatic rings. The molecule has 0 saturated carbocycles. The summed E-state index contributed by atoms with van der Waals surface area (Å²) in [6.45, 7) is 6.09. The first-order valence-electron chi connectivity index (χ1n) is 16.8. The van der Waals surface area contributed by atoms with E-state index in [0.717, 1.165) is 77.7 Å². The zero-order valence-corrected chi connectivity index (χ0v) is 29.6. The number of rotatable bonds is 20. The zero-order valence-electron chi connectivity index (χ0n) is 28.0. The van der Waals surface area contributed by atoms with Gasteiger partial charge in [-0.1, -0.05) is 22.9 Å². The number of carbonyl (C=O) groups is 1. The maximum absolute atomic E-state index is 11.8. The molecule has 5 rings (SSSR count). The number of aryl methyl sites for hydroxylation is 4. The van der Waals surface area contributed by atoms with E-state index in [-0.39, 0.29) is 12.4 Å². The van der Waals surface area contributed by atoms with Crippen molar-refractivity contribution in [2.45, 2.75) is 71.4 Å². The van der Waals surface area contributed by atoms with Gasteiger partial charge < -0.3 is 14.2 Å². The van der Waals surface area contributed by atoms with E-state index in [1.807, 2.05) is 24.5 Å². The monoisotopic (exact) mass is 707 g/mol. The number of nitrogens with zero attached hydrogens (tertiary/aromatic N) is 6. The molecule has 0 fully saturated rings. The molecular formula is C37H45Cl2N6O4+. The summed E-state index contributed by atoms with van der Waals surface area (Å²) in [6, 6.07) is 13.8. The van der Waals surface area contributed by atoms with Gasteiger partial charge in [0.2, 0.25) is 0 Å². The van der Waals surface area contributed by atoms with Crippen molar-refractivity contribution in [1.82, 2.24) is 25.0 Å². The van der Waals surface area contributed by atoms with Crippen molar-refractivity contribution in [2.24, 2.45) is 0 Å². The molecule has 0 aliphatic carbocycles. The lowest BCUT2D eigenvalue weighted by molar-refractivity contribution is -0.697. The predicted octanol–water partition coefficient (Wildman–Crippen LogP) is 7.04. The van der Waals surface area contributed by atoms with Gasteiger partial charge in [0, 0.05) is 81.9 Å². The van der Waals surface area contributed by atoms with Gasteiger partial charge in [0.05, 0.1) is 16.8 Å². The smallest absolute Gasteiger partial charge is 0.308 e. The fourth-order valence-electron chi connectivity index (χ4n) is 5.49. The highest BCUT2D eigenvalue weighted by molar-refractivity contribution is 6.36. The second kappa shape index (κ2) is 20.5. The summed E-state index contributed by atoms with van der Waals surface area (Å²) in [7, 11) is 0. The molecule has 0 amide bonds. The summed E-state index contributed by atoms with van der Waals surface area (Å²) < 4.78 is 21.3. The zero-order chi connectivity index (χ0) is 33.4. The number of benzene rings is 1. The van der Waals surface area contributed by atoms with Crippen LogP contribution in [0.2, 0.25) is 5.02 Å². The minimum absolute atomic E-state index is 0. The van der Waals surface area contributed by atoms with Crippen molar-refractivity contribution < 1.29 is 23.6 Å². The van der Waals surface area contributed by atoms with Crippen LogP contribution in [-0.4, -0.2) is 57.4 Å². The van der Waals surface area contributed by atoms with Crippen molar-refractivity contribution in [3.63, 3.8) is 0 Å². The summed E-state index contributed by atoms with van der Waals surface area (Å²) in [5, 5.41) is 9.79. The molecule has 0 aliphatic heterocycles. The molecule has 0 saturated heterocycles. The van der Waals surface area contributed by atoms with Crippen molar-refractivity contribution in [2.75, 3.05) is 26.4 Å². The first kappa shape index (κ1) is 37.9. The summed E-state index contributed by atoms with van der Waals surface area (Å²) in [5.74, 6) is -0.111. The van der Waals surface area contributed by atoms with E-state index in [1.54, 1.807) is 29.2 Å². The molecule has 4 heterocycles. The van der Waals surface area contributed by atoms with Crippen molar-refractivity contribution in [3.05, 3.63) is 95.8 Å². The molecule has 0 N–H and O–H groups in total. The largest absolute Gasteiger partial charge is 0.424 e. The van der Waals surface area contributed by atoms with E-state index in [0.29, 0.717) is 46.1 Å². The Hall–Kier alpha value is -3.96. The number of hydrogen-bond donors (Lipinski definition) is 0. The lowest BCUT2D eigenvalue weighted by Gasteiger charge is -2.11. The minimum Gasteiger partial charge on any atom is -0.424 e. The van der Waals surface area contributed by atoms with Crippen LogP contribution < -0.4 is 9.30 Å². The van der Waals surface area contributed by atoms with Gasteiger partial charge in [-0.25, -0.2) is 4.57 Å². The molecule has 0 spiro atoms. The third-order valence-electron chi connectivity index (χ3n) is 7.89. The summed E-state index contributed by atoms with van der Waals surface area (Å²) in [5.41, 5.74) is 4.25. The Morgan fingerprint density at radius 3 is 2.41 bits per heavy atom. The highest BCUT2D eigenvalue weighted by Gasteiger charge is 2.19. The van der Waals surface area contributed by atoms with Crippen LogP contribution in [0.1, 0.15) is 56.6 Å². The van der Waals surface area contributed by atoms with E-state index >= 15 is 0 Å².